The van der Waals surface area contributed by atoms with Crippen molar-refractivity contribution in [2.24, 2.45) is 11.3 Å². The normalized spacial score (nSPS) is 24.8. The van der Waals surface area contributed by atoms with Crippen molar-refractivity contribution < 1.29 is 19.1 Å². The molecule has 0 bridgehead atoms. The highest BCUT2D eigenvalue weighted by Gasteiger charge is 2.35. The molecule has 0 saturated carbocycles. The van der Waals surface area contributed by atoms with E-state index in [1.54, 1.807) is 20.8 Å². The monoisotopic (exact) mass is 225 g/mol. The first-order valence-electron chi connectivity index (χ1n) is 5.12. The summed E-state index contributed by atoms with van der Waals surface area (Å²) in [7, 11) is 0. The number of hydrogen-bond donors (Lipinski definition) is 0. The van der Waals surface area contributed by atoms with Crippen molar-refractivity contribution in [2.75, 3.05) is 6.61 Å². The van der Waals surface area contributed by atoms with Crippen LogP contribution in [0.15, 0.2) is 0 Å². The summed E-state index contributed by atoms with van der Waals surface area (Å²) in [6, 6.07) is 1.85. The van der Waals surface area contributed by atoms with E-state index in [-0.39, 0.29) is 12.6 Å². The van der Waals surface area contributed by atoms with E-state index in [1.165, 1.54) is 0 Å². The third kappa shape index (κ3) is 2.96. The van der Waals surface area contributed by atoms with Crippen molar-refractivity contribution >= 4 is 11.9 Å². The van der Waals surface area contributed by atoms with E-state index in [0.717, 1.165) is 0 Å². The number of cyclic esters (lactones) is 1. The van der Waals surface area contributed by atoms with Gasteiger partial charge in [0.2, 0.25) is 0 Å². The lowest BCUT2D eigenvalue weighted by Crippen LogP contribution is -2.27. The maximum absolute atomic E-state index is 11.4. The van der Waals surface area contributed by atoms with Crippen molar-refractivity contribution in [1.29, 1.82) is 5.26 Å². The van der Waals surface area contributed by atoms with Crippen LogP contribution in [0.2, 0.25) is 0 Å². The predicted molar refractivity (Wildman–Crippen MR) is 54.0 cm³/mol. The zero-order valence-electron chi connectivity index (χ0n) is 9.65. The van der Waals surface area contributed by atoms with Gasteiger partial charge in [0.25, 0.3) is 0 Å². The number of carbonyl (C=O) groups is 2. The van der Waals surface area contributed by atoms with Crippen LogP contribution in [0.5, 0.6) is 0 Å². The van der Waals surface area contributed by atoms with Gasteiger partial charge >= 0.3 is 11.9 Å². The molecule has 0 radical (unpaired) electrons. The van der Waals surface area contributed by atoms with Crippen LogP contribution in [0, 0.1) is 22.7 Å². The summed E-state index contributed by atoms with van der Waals surface area (Å²) >= 11 is 0. The molecule has 1 aliphatic heterocycles. The molecule has 0 N–H and O–H groups in total. The molecule has 0 aromatic carbocycles. The molecule has 1 rings (SSSR count). The Kier molecular flexibility index (Phi) is 3.53. The highest BCUT2D eigenvalue weighted by molar-refractivity contribution is 5.77. The van der Waals surface area contributed by atoms with Crippen molar-refractivity contribution in [2.45, 2.75) is 33.3 Å². The third-order valence-corrected chi connectivity index (χ3v) is 2.23. The van der Waals surface area contributed by atoms with Crippen LogP contribution in [-0.2, 0) is 19.1 Å². The highest BCUT2D eigenvalue weighted by Crippen LogP contribution is 2.22. The molecule has 1 saturated heterocycles. The SMILES string of the molecule is CC(C)(C)C(=O)OCC1CC(C#N)C(=O)O1. The minimum atomic E-state index is -0.724. The lowest BCUT2D eigenvalue weighted by Gasteiger charge is -2.18. The summed E-state index contributed by atoms with van der Waals surface area (Å²) in [6.45, 7) is 5.26. The Morgan fingerprint density at radius 3 is 2.69 bits per heavy atom. The molecule has 2 atom stereocenters. The molecule has 0 aromatic heterocycles. The van der Waals surface area contributed by atoms with Gasteiger partial charge in [0, 0.05) is 6.42 Å². The average Bonchev–Trinajstić information content (AvgIpc) is 2.54. The van der Waals surface area contributed by atoms with Gasteiger partial charge in [0.15, 0.2) is 0 Å². The number of nitriles is 1. The van der Waals surface area contributed by atoms with E-state index in [0.29, 0.717) is 6.42 Å². The molecule has 5 nitrogen and oxygen atoms in total. The molecule has 0 aromatic rings. The largest absolute Gasteiger partial charge is 0.461 e. The van der Waals surface area contributed by atoms with Crippen molar-refractivity contribution in [3.8, 4) is 6.07 Å². The van der Waals surface area contributed by atoms with Gasteiger partial charge in [-0.3, -0.25) is 9.59 Å². The number of hydrogen-bond acceptors (Lipinski definition) is 5. The molecular weight excluding hydrogens is 210 g/mol. The van der Waals surface area contributed by atoms with Crippen LogP contribution in [-0.4, -0.2) is 24.6 Å². The zero-order chi connectivity index (χ0) is 12.3. The average molecular weight is 225 g/mol. The van der Waals surface area contributed by atoms with Gasteiger partial charge < -0.3 is 9.47 Å². The van der Waals surface area contributed by atoms with E-state index in [4.69, 9.17) is 14.7 Å². The zero-order valence-corrected chi connectivity index (χ0v) is 9.65. The summed E-state index contributed by atoms with van der Waals surface area (Å²) in [4.78, 5) is 22.5. The number of esters is 2. The minimum Gasteiger partial charge on any atom is -0.461 e. The van der Waals surface area contributed by atoms with Gasteiger partial charge in [-0.15, -0.1) is 0 Å². The molecule has 0 amide bonds. The first-order chi connectivity index (χ1) is 7.34. The van der Waals surface area contributed by atoms with Crippen LogP contribution in [0.25, 0.3) is 0 Å². The maximum Gasteiger partial charge on any atom is 0.323 e. The van der Waals surface area contributed by atoms with Crippen LogP contribution in [0.4, 0.5) is 0 Å². The Bertz CT molecular complexity index is 337. The standard InChI is InChI=1S/C11H15NO4/c1-11(2,3)10(14)15-6-8-4-7(5-12)9(13)16-8/h7-8H,4,6H2,1-3H3. The van der Waals surface area contributed by atoms with Gasteiger partial charge in [0.1, 0.15) is 18.6 Å². The predicted octanol–water partition coefficient (Wildman–Crippen LogP) is 1.03. The first-order valence-corrected chi connectivity index (χ1v) is 5.12. The van der Waals surface area contributed by atoms with Crippen LogP contribution in [0.1, 0.15) is 27.2 Å². The van der Waals surface area contributed by atoms with Crippen molar-refractivity contribution in [3.05, 3.63) is 0 Å². The summed E-state index contributed by atoms with van der Waals surface area (Å²) in [5.41, 5.74) is -0.572. The number of ether oxygens (including phenoxy) is 2. The molecule has 1 aliphatic rings. The maximum atomic E-state index is 11.4. The van der Waals surface area contributed by atoms with E-state index in [9.17, 15) is 9.59 Å². The lowest BCUT2D eigenvalue weighted by molar-refractivity contribution is -0.159. The first kappa shape index (κ1) is 12.5. The molecule has 88 valence electrons. The summed E-state index contributed by atoms with van der Waals surface area (Å²) < 4.78 is 9.90. The Morgan fingerprint density at radius 1 is 1.62 bits per heavy atom. The van der Waals surface area contributed by atoms with E-state index < -0.39 is 23.4 Å². The van der Waals surface area contributed by atoms with Crippen molar-refractivity contribution in [1.82, 2.24) is 0 Å². The second-order valence-electron chi connectivity index (χ2n) is 4.82. The Labute approximate surface area is 94.3 Å². The molecule has 1 fully saturated rings. The van der Waals surface area contributed by atoms with Gasteiger partial charge in [-0.25, -0.2) is 0 Å². The summed E-state index contributed by atoms with van der Waals surface area (Å²) in [6.07, 6.45) is -0.185. The highest BCUT2D eigenvalue weighted by atomic mass is 16.6. The molecule has 0 spiro atoms. The fraction of sp³-hybridized carbons (Fsp3) is 0.727. The Hall–Kier alpha value is -1.57. The molecule has 0 aliphatic carbocycles. The van der Waals surface area contributed by atoms with E-state index >= 15 is 0 Å². The minimum absolute atomic E-state index is 0.0278. The summed E-state index contributed by atoms with van der Waals surface area (Å²) in [5.74, 6) is -1.60. The van der Waals surface area contributed by atoms with Gasteiger partial charge in [-0.2, -0.15) is 5.26 Å². The molecule has 16 heavy (non-hydrogen) atoms. The quantitative estimate of drug-likeness (QED) is 0.656. The summed E-state index contributed by atoms with van der Waals surface area (Å²) in [5, 5.41) is 8.60. The van der Waals surface area contributed by atoms with Crippen LogP contribution < -0.4 is 0 Å². The Morgan fingerprint density at radius 2 is 2.25 bits per heavy atom. The lowest BCUT2D eigenvalue weighted by atomic mass is 9.97. The molecule has 1 heterocycles. The fourth-order valence-electron chi connectivity index (χ4n) is 1.25. The Balaban J connectivity index is 2.39. The topological polar surface area (TPSA) is 76.4 Å². The number of rotatable bonds is 2. The van der Waals surface area contributed by atoms with Crippen molar-refractivity contribution in [3.63, 3.8) is 0 Å². The number of carbonyl (C=O) groups excluding carboxylic acids is 2. The molecular formula is C11H15NO4. The van der Waals surface area contributed by atoms with E-state index in [2.05, 4.69) is 0 Å². The smallest absolute Gasteiger partial charge is 0.323 e. The van der Waals surface area contributed by atoms with Gasteiger partial charge in [0.05, 0.1) is 11.5 Å². The third-order valence-electron chi connectivity index (χ3n) is 2.23. The second-order valence-corrected chi connectivity index (χ2v) is 4.82. The van der Waals surface area contributed by atoms with Crippen LogP contribution in [0.3, 0.4) is 0 Å². The van der Waals surface area contributed by atoms with Gasteiger partial charge in [-0.1, -0.05) is 0 Å². The van der Waals surface area contributed by atoms with Crippen LogP contribution >= 0.6 is 0 Å². The second kappa shape index (κ2) is 4.52. The van der Waals surface area contributed by atoms with Gasteiger partial charge in [-0.05, 0) is 20.8 Å². The molecule has 2 unspecified atom stereocenters. The fourth-order valence-corrected chi connectivity index (χ4v) is 1.25. The molecule has 5 heteroatoms. The van der Waals surface area contributed by atoms with E-state index in [1.807, 2.05) is 6.07 Å². The number of nitrogens with zero attached hydrogens (tertiary/aromatic N) is 1.